The third-order valence-electron chi connectivity index (χ3n) is 4.33. The Balaban J connectivity index is 1.80. The summed E-state index contributed by atoms with van der Waals surface area (Å²) in [4.78, 5) is 36.5. The van der Waals surface area contributed by atoms with Crippen molar-refractivity contribution in [1.29, 1.82) is 0 Å². The summed E-state index contributed by atoms with van der Waals surface area (Å²) in [5.74, 6) is -0.140. The second kappa shape index (κ2) is 11.6. The summed E-state index contributed by atoms with van der Waals surface area (Å²) >= 11 is 0. The molecule has 0 heterocycles. The molecule has 1 atom stereocenters. The van der Waals surface area contributed by atoms with Crippen LogP contribution >= 0.6 is 0 Å². The molecule has 2 aromatic carbocycles. The molecule has 0 spiro atoms. The molecule has 0 aromatic heterocycles. The highest BCUT2D eigenvalue weighted by atomic mass is 16.5. The molecule has 30 heavy (non-hydrogen) atoms. The minimum absolute atomic E-state index is 0.337. The fraction of sp³-hybridized carbons (Fsp3) is 0.348. The van der Waals surface area contributed by atoms with Crippen LogP contribution in [0.1, 0.15) is 47.4 Å². The number of esters is 1. The van der Waals surface area contributed by atoms with Gasteiger partial charge in [0.1, 0.15) is 18.0 Å². The van der Waals surface area contributed by atoms with Crippen LogP contribution < -0.4 is 14.8 Å². The summed E-state index contributed by atoms with van der Waals surface area (Å²) in [5, 5.41) is 2.49. The van der Waals surface area contributed by atoms with E-state index in [-0.39, 0.29) is 12.3 Å². The van der Waals surface area contributed by atoms with Crippen LogP contribution in [-0.4, -0.2) is 44.0 Å². The third-order valence-corrected chi connectivity index (χ3v) is 4.33. The summed E-state index contributed by atoms with van der Waals surface area (Å²) in [5.41, 5.74) is 0.800. The standard InChI is InChI=1S/C23H27NO6/c1-4-5-14-29-20-12-8-18(9-13-20)23(27)24-15-21(25)30-16(2)22(26)17-6-10-19(28-3)11-7-17/h6-13,16H,4-5,14-15H2,1-3H3,(H,24,27)/t16-/m1/s1. The maximum Gasteiger partial charge on any atom is 0.326 e. The first-order valence-electron chi connectivity index (χ1n) is 9.83. The van der Waals surface area contributed by atoms with Gasteiger partial charge in [0.2, 0.25) is 5.78 Å². The smallest absolute Gasteiger partial charge is 0.326 e. The zero-order valence-corrected chi connectivity index (χ0v) is 17.5. The monoisotopic (exact) mass is 413 g/mol. The van der Waals surface area contributed by atoms with Crippen molar-refractivity contribution < 1.29 is 28.6 Å². The number of rotatable bonds is 11. The minimum atomic E-state index is -0.970. The SMILES string of the molecule is CCCCOc1ccc(C(=O)NCC(=O)O[C@H](C)C(=O)c2ccc(OC)cc2)cc1. The average molecular weight is 413 g/mol. The lowest BCUT2D eigenvalue weighted by atomic mass is 10.1. The lowest BCUT2D eigenvalue weighted by Gasteiger charge is -2.13. The number of benzene rings is 2. The maximum absolute atomic E-state index is 12.3. The van der Waals surface area contributed by atoms with Gasteiger partial charge in [0, 0.05) is 11.1 Å². The summed E-state index contributed by atoms with van der Waals surface area (Å²) in [6, 6.07) is 13.2. The summed E-state index contributed by atoms with van der Waals surface area (Å²) in [6.07, 6.45) is 1.03. The van der Waals surface area contributed by atoms with Crippen molar-refractivity contribution in [3.05, 3.63) is 59.7 Å². The van der Waals surface area contributed by atoms with Crippen LogP contribution in [0.2, 0.25) is 0 Å². The molecule has 0 aliphatic carbocycles. The van der Waals surface area contributed by atoms with E-state index in [1.54, 1.807) is 48.5 Å². The number of nitrogens with one attached hydrogen (secondary N) is 1. The first-order valence-corrected chi connectivity index (χ1v) is 9.83. The molecular weight excluding hydrogens is 386 g/mol. The quantitative estimate of drug-likeness (QED) is 0.345. The van der Waals surface area contributed by atoms with Crippen molar-refractivity contribution >= 4 is 17.7 Å². The van der Waals surface area contributed by atoms with Gasteiger partial charge in [-0.25, -0.2) is 0 Å². The molecule has 0 fully saturated rings. The van der Waals surface area contributed by atoms with Gasteiger partial charge in [-0.15, -0.1) is 0 Å². The third kappa shape index (κ3) is 6.92. The normalized spacial score (nSPS) is 11.3. The molecule has 0 saturated carbocycles. The Morgan fingerprint density at radius 1 is 0.933 bits per heavy atom. The van der Waals surface area contributed by atoms with Crippen LogP contribution in [0.25, 0.3) is 0 Å². The average Bonchev–Trinajstić information content (AvgIpc) is 2.77. The van der Waals surface area contributed by atoms with Gasteiger partial charge in [-0.1, -0.05) is 13.3 Å². The number of ether oxygens (including phenoxy) is 3. The summed E-state index contributed by atoms with van der Waals surface area (Å²) in [6.45, 7) is 3.86. The first-order chi connectivity index (χ1) is 14.4. The van der Waals surface area contributed by atoms with Crippen LogP contribution in [0.4, 0.5) is 0 Å². The van der Waals surface area contributed by atoms with E-state index >= 15 is 0 Å². The number of Topliss-reactive ketones (excluding diaryl/α,β-unsaturated/α-hetero) is 1. The van der Waals surface area contributed by atoms with Crippen LogP contribution in [0.3, 0.4) is 0 Å². The van der Waals surface area contributed by atoms with E-state index in [1.807, 2.05) is 0 Å². The highest BCUT2D eigenvalue weighted by Crippen LogP contribution is 2.14. The topological polar surface area (TPSA) is 90.9 Å². The van der Waals surface area contributed by atoms with Gasteiger partial charge in [-0.05, 0) is 61.9 Å². The molecule has 1 N–H and O–H groups in total. The Labute approximate surface area is 176 Å². The molecule has 1 amide bonds. The van der Waals surface area contributed by atoms with E-state index in [2.05, 4.69) is 12.2 Å². The van der Waals surface area contributed by atoms with Crippen LogP contribution in [-0.2, 0) is 9.53 Å². The summed E-state index contributed by atoms with van der Waals surface area (Å²) < 4.78 is 15.7. The van der Waals surface area contributed by atoms with E-state index in [0.29, 0.717) is 29.2 Å². The van der Waals surface area contributed by atoms with Gasteiger partial charge < -0.3 is 19.5 Å². The zero-order chi connectivity index (χ0) is 21.9. The summed E-state index contributed by atoms with van der Waals surface area (Å²) in [7, 11) is 1.53. The molecule has 0 unspecified atom stereocenters. The lowest BCUT2D eigenvalue weighted by Crippen LogP contribution is -2.34. The van der Waals surface area contributed by atoms with E-state index in [4.69, 9.17) is 14.2 Å². The number of carbonyl (C=O) groups excluding carboxylic acids is 3. The molecule has 0 radical (unpaired) electrons. The zero-order valence-electron chi connectivity index (χ0n) is 17.5. The van der Waals surface area contributed by atoms with Crippen molar-refractivity contribution in [3.63, 3.8) is 0 Å². The van der Waals surface area contributed by atoms with Crippen molar-refractivity contribution in [2.45, 2.75) is 32.8 Å². The highest BCUT2D eigenvalue weighted by molar-refractivity contribution is 6.00. The Morgan fingerprint density at radius 3 is 2.13 bits per heavy atom. The molecule has 7 nitrogen and oxygen atoms in total. The minimum Gasteiger partial charge on any atom is -0.497 e. The number of hydrogen-bond donors (Lipinski definition) is 1. The molecular formula is C23H27NO6. The largest absolute Gasteiger partial charge is 0.497 e. The first kappa shape index (κ1) is 22.9. The van der Waals surface area contributed by atoms with Gasteiger partial charge in [-0.3, -0.25) is 14.4 Å². The second-order valence-corrected chi connectivity index (χ2v) is 6.63. The molecule has 160 valence electrons. The van der Waals surface area contributed by atoms with Gasteiger partial charge >= 0.3 is 5.97 Å². The van der Waals surface area contributed by atoms with Crippen LogP contribution in [0, 0.1) is 0 Å². The molecule has 7 heteroatoms. The molecule has 0 aliphatic heterocycles. The van der Waals surface area contributed by atoms with Crippen molar-refractivity contribution in [2.75, 3.05) is 20.3 Å². The predicted octanol–water partition coefficient (Wildman–Crippen LogP) is 3.42. The second-order valence-electron chi connectivity index (χ2n) is 6.63. The Hall–Kier alpha value is -3.35. The van der Waals surface area contributed by atoms with Crippen LogP contribution in [0.15, 0.2) is 48.5 Å². The number of methoxy groups -OCH3 is 1. The number of unbranched alkanes of at least 4 members (excludes halogenated alkanes) is 1. The predicted molar refractivity (Wildman–Crippen MR) is 112 cm³/mol. The lowest BCUT2D eigenvalue weighted by molar-refractivity contribution is -0.145. The van der Waals surface area contributed by atoms with E-state index in [9.17, 15) is 14.4 Å². The molecule has 0 aliphatic rings. The van der Waals surface area contributed by atoms with Gasteiger partial charge in [0.25, 0.3) is 5.91 Å². The Bertz CT molecular complexity index is 845. The maximum atomic E-state index is 12.3. The molecule has 0 bridgehead atoms. The molecule has 0 saturated heterocycles. The van der Waals surface area contributed by atoms with E-state index in [0.717, 1.165) is 12.8 Å². The van der Waals surface area contributed by atoms with Crippen LogP contribution in [0.5, 0.6) is 11.5 Å². The highest BCUT2D eigenvalue weighted by Gasteiger charge is 2.20. The van der Waals surface area contributed by atoms with Gasteiger partial charge in [-0.2, -0.15) is 0 Å². The number of ketones is 1. The number of amides is 1. The molecule has 2 rings (SSSR count). The fourth-order valence-corrected chi connectivity index (χ4v) is 2.57. The van der Waals surface area contributed by atoms with E-state index in [1.165, 1.54) is 14.0 Å². The van der Waals surface area contributed by atoms with Crippen molar-refractivity contribution in [2.24, 2.45) is 0 Å². The van der Waals surface area contributed by atoms with Crippen molar-refractivity contribution in [3.8, 4) is 11.5 Å². The Kier molecular flexibility index (Phi) is 8.87. The number of hydrogen-bond acceptors (Lipinski definition) is 6. The number of carbonyl (C=O) groups is 3. The Morgan fingerprint density at radius 2 is 1.53 bits per heavy atom. The van der Waals surface area contributed by atoms with E-state index < -0.39 is 18.0 Å². The fourth-order valence-electron chi connectivity index (χ4n) is 2.57. The van der Waals surface area contributed by atoms with Gasteiger partial charge in [0.15, 0.2) is 6.10 Å². The molecule has 2 aromatic rings. The van der Waals surface area contributed by atoms with Gasteiger partial charge in [0.05, 0.1) is 13.7 Å². The van der Waals surface area contributed by atoms with Crippen molar-refractivity contribution in [1.82, 2.24) is 5.32 Å².